The number of amides is 1. The molecule has 0 unspecified atom stereocenters. The van der Waals surface area contributed by atoms with Crippen LogP contribution in [-0.4, -0.2) is 30.6 Å². The summed E-state index contributed by atoms with van der Waals surface area (Å²) >= 11 is 9.30. The highest BCUT2D eigenvalue weighted by atomic mass is 35.5. The summed E-state index contributed by atoms with van der Waals surface area (Å²) in [4.78, 5) is 22.9. The zero-order valence-electron chi connectivity index (χ0n) is 17.4. The quantitative estimate of drug-likeness (QED) is 0.334. The normalized spacial score (nSPS) is 12.9. The zero-order valence-corrected chi connectivity index (χ0v) is 19.8. The molecule has 0 fully saturated rings. The number of hydrogen-bond acceptors (Lipinski definition) is 5. The van der Waals surface area contributed by atoms with Crippen LogP contribution in [0.1, 0.15) is 5.69 Å². The molecular formula is C24H18ClN5OS2. The molecule has 0 atom stereocenters. The number of benzene rings is 2. The molecule has 0 radical (unpaired) electrons. The lowest BCUT2D eigenvalue weighted by atomic mass is 10.1. The third-order valence-corrected chi connectivity index (χ3v) is 7.64. The predicted molar refractivity (Wildman–Crippen MR) is 134 cm³/mol. The predicted octanol–water partition coefficient (Wildman–Crippen LogP) is 5.87. The molecule has 6 rings (SSSR count). The van der Waals surface area contributed by atoms with Crippen LogP contribution < -0.4 is 5.32 Å². The Bertz CT molecular complexity index is 1450. The first-order valence-corrected chi connectivity index (χ1v) is 12.7. The topological polar surface area (TPSA) is 64.2 Å². The van der Waals surface area contributed by atoms with Crippen molar-refractivity contribution in [1.29, 1.82) is 0 Å². The molecule has 0 bridgehead atoms. The molecule has 1 N–H and O–H groups in total. The Morgan fingerprint density at radius 1 is 1.00 bits per heavy atom. The number of imidazole rings is 2. The van der Waals surface area contributed by atoms with E-state index in [0.29, 0.717) is 5.02 Å². The number of thiazole rings is 1. The van der Waals surface area contributed by atoms with Crippen LogP contribution in [0.25, 0.3) is 27.5 Å². The van der Waals surface area contributed by atoms with E-state index in [9.17, 15) is 4.79 Å². The van der Waals surface area contributed by atoms with Crippen LogP contribution in [0, 0.1) is 0 Å². The summed E-state index contributed by atoms with van der Waals surface area (Å²) in [6.45, 7) is 1.01. The highest BCUT2D eigenvalue weighted by Crippen LogP contribution is 2.29. The van der Waals surface area contributed by atoms with Gasteiger partial charge in [0.25, 0.3) is 0 Å². The van der Waals surface area contributed by atoms with Gasteiger partial charge in [-0.2, -0.15) is 0 Å². The van der Waals surface area contributed by atoms with Crippen LogP contribution in [0.15, 0.2) is 71.5 Å². The van der Waals surface area contributed by atoms with Crippen molar-refractivity contribution in [2.45, 2.75) is 18.1 Å². The van der Waals surface area contributed by atoms with Crippen LogP contribution in [-0.2, 0) is 17.8 Å². The first kappa shape index (κ1) is 20.5. The molecule has 0 saturated carbocycles. The largest absolute Gasteiger partial charge is 0.326 e. The van der Waals surface area contributed by atoms with E-state index in [1.165, 1.54) is 11.3 Å². The first-order valence-electron chi connectivity index (χ1n) is 10.4. The Morgan fingerprint density at radius 3 is 2.48 bits per heavy atom. The number of hydrogen-bond donors (Lipinski definition) is 1. The second kappa shape index (κ2) is 8.37. The lowest BCUT2D eigenvalue weighted by molar-refractivity contribution is -0.115. The molecule has 33 heavy (non-hydrogen) atoms. The average Bonchev–Trinajstić information content (AvgIpc) is 3.57. The lowest BCUT2D eigenvalue weighted by Crippen LogP contribution is -2.15. The molecule has 5 aromatic rings. The van der Waals surface area contributed by atoms with Crippen molar-refractivity contribution >= 4 is 51.3 Å². The number of nitrogens with one attached hydrogen (secondary N) is 1. The number of anilines is 1. The van der Waals surface area contributed by atoms with E-state index in [2.05, 4.69) is 26.0 Å². The number of halogens is 1. The molecular weight excluding hydrogens is 474 g/mol. The fourth-order valence-electron chi connectivity index (χ4n) is 3.86. The standard InChI is InChI=1S/C24H18ClN5OS2/c25-17-5-1-15(2-6-17)21-13-30-19(14-33-24(30)28-21)11-22(31)26-18-7-3-16(4-8-18)20-12-29-9-10-32-23(29)27-20/h1-8,12-14H,9-11H2,(H,26,31). The first-order chi connectivity index (χ1) is 16.1. The molecule has 1 aliphatic heterocycles. The van der Waals surface area contributed by atoms with Gasteiger partial charge in [-0.1, -0.05) is 47.6 Å². The summed E-state index contributed by atoms with van der Waals surface area (Å²) in [6.07, 6.45) is 4.32. The number of thioether (sulfide) groups is 1. The van der Waals surface area contributed by atoms with Crippen LogP contribution in [0.4, 0.5) is 5.69 Å². The fraction of sp³-hybridized carbons (Fsp3) is 0.125. The van der Waals surface area contributed by atoms with Gasteiger partial charge in [-0.25, -0.2) is 9.97 Å². The molecule has 6 nitrogen and oxygen atoms in total. The average molecular weight is 492 g/mol. The number of carbonyl (C=O) groups is 1. The summed E-state index contributed by atoms with van der Waals surface area (Å²) in [5.74, 6) is 1.02. The Hall–Kier alpha value is -3.07. The van der Waals surface area contributed by atoms with E-state index in [1.807, 2.05) is 64.5 Å². The van der Waals surface area contributed by atoms with E-state index in [-0.39, 0.29) is 12.3 Å². The second-order valence-corrected chi connectivity index (χ2v) is 10.1. The molecule has 2 aromatic carbocycles. The molecule has 4 heterocycles. The summed E-state index contributed by atoms with van der Waals surface area (Å²) in [5, 5.41) is 6.74. The van der Waals surface area contributed by atoms with Gasteiger partial charge in [0.1, 0.15) is 0 Å². The van der Waals surface area contributed by atoms with Gasteiger partial charge in [-0.15, -0.1) is 11.3 Å². The number of rotatable bonds is 5. The number of fused-ring (bicyclic) bond motifs is 2. The highest BCUT2D eigenvalue weighted by Gasteiger charge is 2.16. The van der Waals surface area contributed by atoms with Crippen LogP contribution in [0.5, 0.6) is 0 Å². The zero-order chi connectivity index (χ0) is 22.4. The van der Waals surface area contributed by atoms with E-state index in [1.54, 1.807) is 11.8 Å². The third kappa shape index (κ3) is 4.06. The highest BCUT2D eigenvalue weighted by molar-refractivity contribution is 7.99. The van der Waals surface area contributed by atoms with Crippen molar-refractivity contribution < 1.29 is 4.79 Å². The van der Waals surface area contributed by atoms with Gasteiger partial charge in [-0.3, -0.25) is 9.20 Å². The third-order valence-electron chi connectivity index (χ3n) is 5.53. The number of aromatic nitrogens is 4. The molecule has 0 aliphatic carbocycles. The summed E-state index contributed by atoms with van der Waals surface area (Å²) < 4.78 is 4.17. The summed E-state index contributed by atoms with van der Waals surface area (Å²) in [5.41, 5.74) is 5.54. The maximum absolute atomic E-state index is 12.7. The van der Waals surface area contributed by atoms with Gasteiger partial charge in [0.2, 0.25) is 5.91 Å². The monoisotopic (exact) mass is 491 g/mol. The molecule has 3 aromatic heterocycles. The molecule has 1 aliphatic rings. The molecule has 0 saturated heterocycles. The lowest BCUT2D eigenvalue weighted by Gasteiger charge is -2.06. The summed E-state index contributed by atoms with van der Waals surface area (Å²) in [7, 11) is 0. The van der Waals surface area contributed by atoms with Crippen molar-refractivity contribution in [3.63, 3.8) is 0 Å². The van der Waals surface area contributed by atoms with Gasteiger partial charge in [0.05, 0.1) is 17.8 Å². The van der Waals surface area contributed by atoms with Gasteiger partial charge < -0.3 is 9.88 Å². The number of aryl methyl sites for hydroxylation is 1. The number of carbonyl (C=O) groups excluding carboxylic acids is 1. The van der Waals surface area contributed by atoms with E-state index in [4.69, 9.17) is 11.6 Å². The van der Waals surface area contributed by atoms with Crippen LogP contribution in [0.3, 0.4) is 0 Å². The molecule has 0 spiro atoms. The van der Waals surface area contributed by atoms with Crippen LogP contribution in [0.2, 0.25) is 5.02 Å². The second-order valence-electron chi connectivity index (χ2n) is 7.77. The maximum Gasteiger partial charge on any atom is 0.230 e. The van der Waals surface area contributed by atoms with Gasteiger partial charge in [0, 0.05) is 57.6 Å². The van der Waals surface area contributed by atoms with Crippen molar-refractivity contribution in [2.24, 2.45) is 0 Å². The Balaban J connectivity index is 1.15. The Kier molecular flexibility index (Phi) is 5.21. The van der Waals surface area contributed by atoms with Gasteiger partial charge in [0.15, 0.2) is 10.1 Å². The van der Waals surface area contributed by atoms with E-state index >= 15 is 0 Å². The molecule has 164 valence electrons. The Morgan fingerprint density at radius 2 is 1.73 bits per heavy atom. The Labute approximate surface area is 203 Å². The molecule has 1 amide bonds. The minimum Gasteiger partial charge on any atom is -0.326 e. The van der Waals surface area contributed by atoms with Crippen molar-refractivity contribution in [3.05, 3.63) is 77.0 Å². The molecule has 9 heteroatoms. The van der Waals surface area contributed by atoms with E-state index in [0.717, 1.165) is 56.3 Å². The van der Waals surface area contributed by atoms with Crippen molar-refractivity contribution in [1.82, 2.24) is 18.9 Å². The van der Waals surface area contributed by atoms with Crippen molar-refractivity contribution in [3.8, 4) is 22.5 Å². The maximum atomic E-state index is 12.7. The van der Waals surface area contributed by atoms with Crippen molar-refractivity contribution in [2.75, 3.05) is 11.1 Å². The number of nitrogens with zero attached hydrogens (tertiary/aromatic N) is 4. The van der Waals surface area contributed by atoms with Gasteiger partial charge >= 0.3 is 0 Å². The SMILES string of the molecule is O=C(Cc1csc2nc(-c3ccc(Cl)cc3)cn12)Nc1ccc(-c2cn3c(n2)SCC3)cc1. The van der Waals surface area contributed by atoms with Crippen LogP contribution >= 0.6 is 34.7 Å². The fourth-order valence-corrected chi connectivity index (χ4v) is 5.80. The summed E-state index contributed by atoms with van der Waals surface area (Å²) in [6, 6.07) is 15.4. The van der Waals surface area contributed by atoms with Gasteiger partial charge in [-0.05, 0) is 24.3 Å². The smallest absolute Gasteiger partial charge is 0.230 e. The minimum atomic E-state index is -0.0680. The minimum absolute atomic E-state index is 0.0680. The van der Waals surface area contributed by atoms with E-state index < -0.39 is 0 Å².